The molecule has 0 bridgehead atoms. The average Bonchev–Trinajstić information content (AvgIpc) is 3.03. The topological polar surface area (TPSA) is 0 Å². The van der Waals surface area contributed by atoms with E-state index in [1.807, 2.05) is 18.2 Å². The van der Waals surface area contributed by atoms with E-state index in [0.29, 0.717) is 0 Å². The zero-order chi connectivity index (χ0) is 11.9. The van der Waals surface area contributed by atoms with Crippen LogP contribution in [-0.4, -0.2) is 0 Å². The van der Waals surface area contributed by atoms with Gasteiger partial charge in [-0.3, -0.25) is 0 Å². The van der Waals surface area contributed by atoms with E-state index in [1.54, 1.807) is 0 Å². The summed E-state index contributed by atoms with van der Waals surface area (Å²) in [7, 11) is 0. The van der Waals surface area contributed by atoms with Gasteiger partial charge in [0, 0.05) is 0 Å². The van der Waals surface area contributed by atoms with Crippen molar-refractivity contribution in [3.05, 3.63) is 82.4 Å². The van der Waals surface area contributed by atoms with E-state index in [-0.39, 0.29) is 17.1 Å². The van der Waals surface area contributed by atoms with Crippen LogP contribution in [0.2, 0.25) is 0 Å². The third-order valence-corrected chi connectivity index (χ3v) is 3.11. The fourth-order valence-corrected chi connectivity index (χ4v) is 1.96. The number of benzene rings is 1. The first-order chi connectivity index (χ1) is 8.36. The minimum Gasteiger partial charge on any atom is -0.213 e. The maximum Gasteiger partial charge on any atom is 2.00 e. The Morgan fingerprint density at radius 1 is 0.722 bits per heavy atom. The van der Waals surface area contributed by atoms with Gasteiger partial charge in [-0.25, -0.2) is 12.1 Å². The molecule has 3 aromatic rings. The molecule has 0 unspecified atom stereocenters. The summed E-state index contributed by atoms with van der Waals surface area (Å²) in [6.45, 7) is 0. The number of hydrogen-bond acceptors (Lipinski definition) is 0. The Bertz CT molecular complexity index is 510. The Kier molecular flexibility index (Phi) is 7.02. The predicted molar refractivity (Wildman–Crippen MR) is 82.2 cm³/mol. The fourth-order valence-electron chi connectivity index (χ4n) is 1.55. The number of hydrogen-bond donors (Lipinski definition) is 0. The number of halogens is 1. The van der Waals surface area contributed by atoms with Crippen LogP contribution in [0, 0.1) is 3.57 Å². The molecule has 0 N–H and O–H groups in total. The van der Waals surface area contributed by atoms with Crippen molar-refractivity contribution >= 4 is 22.6 Å². The van der Waals surface area contributed by atoms with Gasteiger partial charge < -0.3 is 0 Å². The summed E-state index contributed by atoms with van der Waals surface area (Å²) in [5, 5.41) is 0. The van der Waals surface area contributed by atoms with E-state index in [0.717, 1.165) is 0 Å². The van der Waals surface area contributed by atoms with Crippen LogP contribution in [0.3, 0.4) is 0 Å². The molecule has 3 aromatic carbocycles. The maximum atomic E-state index is 2.28. The van der Waals surface area contributed by atoms with Crippen molar-refractivity contribution in [2.45, 2.75) is 0 Å². The molecule has 0 aliphatic heterocycles. The van der Waals surface area contributed by atoms with Crippen LogP contribution >= 0.6 is 22.6 Å². The summed E-state index contributed by atoms with van der Waals surface area (Å²) in [6, 6.07) is 26.9. The van der Waals surface area contributed by atoms with Crippen LogP contribution in [0.5, 0.6) is 0 Å². The van der Waals surface area contributed by atoms with Crippen molar-refractivity contribution in [3.63, 3.8) is 0 Å². The molecular weight excluding hydrogens is 375 g/mol. The SMILES string of the molecule is Ic1ccc[cH-]1.[Fe+2].c1ccc(-c2ccc[cH-]2)cc1. The summed E-state index contributed by atoms with van der Waals surface area (Å²) < 4.78 is 1.31. The van der Waals surface area contributed by atoms with E-state index in [2.05, 4.69) is 83.3 Å². The molecule has 0 atom stereocenters. The fraction of sp³-hybridized carbons (Fsp3) is 0. The van der Waals surface area contributed by atoms with Crippen molar-refractivity contribution in [3.8, 4) is 11.1 Å². The molecule has 0 saturated carbocycles. The number of rotatable bonds is 1. The summed E-state index contributed by atoms with van der Waals surface area (Å²) in [6.07, 6.45) is 0. The van der Waals surface area contributed by atoms with E-state index in [4.69, 9.17) is 0 Å². The van der Waals surface area contributed by atoms with Gasteiger partial charge in [0.15, 0.2) is 0 Å². The van der Waals surface area contributed by atoms with Gasteiger partial charge in [0.2, 0.25) is 0 Å². The summed E-state index contributed by atoms with van der Waals surface area (Å²) in [5.41, 5.74) is 2.59. The predicted octanol–water partition coefficient (Wildman–Crippen LogP) is 5.08. The first-order valence-electron chi connectivity index (χ1n) is 5.50. The Hall–Kier alpha value is -0.831. The first-order valence-corrected chi connectivity index (χ1v) is 6.58. The van der Waals surface area contributed by atoms with Crippen LogP contribution < -0.4 is 0 Å². The van der Waals surface area contributed by atoms with Gasteiger partial charge in [0.1, 0.15) is 0 Å². The van der Waals surface area contributed by atoms with E-state index >= 15 is 0 Å². The van der Waals surface area contributed by atoms with Gasteiger partial charge in [-0.2, -0.15) is 35.9 Å². The molecule has 2 heteroatoms. The van der Waals surface area contributed by atoms with Crippen LogP contribution in [0.4, 0.5) is 0 Å². The minimum absolute atomic E-state index is 0. The molecule has 0 radical (unpaired) electrons. The maximum absolute atomic E-state index is 2.28. The molecular formula is C16H13FeI. The zero-order valence-electron chi connectivity index (χ0n) is 9.74. The Balaban J connectivity index is 0.000000199. The molecule has 0 fully saturated rings. The molecule has 0 heterocycles. The molecule has 0 nitrogen and oxygen atoms in total. The van der Waals surface area contributed by atoms with Crippen LogP contribution in [-0.2, 0) is 17.1 Å². The summed E-state index contributed by atoms with van der Waals surface area (Å²) in [4.78, 5) is 0. The van der Waals surface area contributed by atoms with E-state index in [9.17, 15) is 0 Å². The van der Waals surface area contributed by atoms with Gasteiger partial charge >= 0.3 is 17.1 Å². The van der Waals surface area contributed by atoms with Crippen LogP contribution in [0.25, 0.3) is 11.1 Å². The van der Waals surface area contributed by atoms with E-state index < -0.39 is 0 Å². The molecule has 0 amide bonds. The molecule has 0 saturated heterocycles. The normalized spacial score (nSPS) is 8.94. The molecule has 0 aliphatic rings. The van der Waals surface area contributed by atoms with Gasteiger partial charge in [-0.15, -0.1) is 15.2 Å². The Labute approximate surface area is 132 Å². The minimum atomic E-state index is 0. The van der Waals surface area contributed by atoms with E-state index in [1.165, 1.54) is 14.7 Å². The zero-order valence-corrected chi connectivity index (χ0v) is 13.0. The third-order valence-electron chi connectivity index (χ3n) is 2.39. The van der Waals surface area contributed by atoms with Crippen molar-refractivity contribution in [2.24, 2.45) is 0 Å². The second-order valence-corrected chi connectivity index (χ2v) is 4.89. The van der Waals surface area contributed by atoms with Crippen LogP contribution in [0.15, 0.2) is 78.9 Å². The second-order valence-electron chi connectivity index (χ2n) is 3.64. The van der Waals surface area contributed by atoms with Crippen molar-refractivity contribution in [1.82, 2.24) is 0 Å². The van der Waals surface area contributed by atoms with Crippen LogP contribution in [0.1, 0.15) is 0 Å². The van der Waals surface area contributed by atoms with Crippen molar-refractivity contribution in [2.75, 3.05) is 0 Å². The monoisotopic (exact) mass is 388 g/mol. The third kappa shape index (κ3) is 4.81. The largest absolute Gasteiger partial charge is 2.00 e. The summed E-state index contributed by atoms with van der Waals surface area (Å²) in [5.74, 6) is 0. The smallest absolute Gasteiger partial charge is 0.213 e. The van der Waals surface area contributed by atoms with Gasteiger partial charge in [-0.1, -0.05) is 52.9 Å². The second kappa shape index (κ2) is 8.30. The van der Waals surface area contributed by atoms with Gasteiger partial charge in [0.05, 0.1) is 0 Å². The molecule has 92 valence electrons. The first kappa shape index (κ1) is 15.2. The van der Waals surface area contributed by atoms with Gasteiger partial charge in [0.25, 0.3) is 0 Å². The Morgan fingerprint density at radius 3 is 1.83 bits per heavy atom. The van der Waals surface area contributed by atoms with Gasteiger partial charge in [-0.05, 0) is 0 Å². The molecule has 0 spiro atoms. The average molecular weight is 388 g/mol. The van der Waals surface area contributed by atoms with Crippen molar-refractivity contribution in [1.29, 1.82) is 0 Å². The molecule has 3 rings (SSSR count). The quantitative estimate of drug-likeness (QED) is 0.310. The molecule has 18 heavy (non-hydrogen) atoms. The Morgan fingerprint density at radius 2 is 1.39 bits per heavy atom. The molecule has 0 aromatic heterocycles. The molecule has 0 aliphatic carbocycles. The summed E-state index contributed by atoms with van der Waals surface area (Å²) >= 11 is 2.28. The van der Waals surface area contributed by atoms with Crippen molar-refractivity contribution < 1.29 is 17.1 Å². The standard InChI is InChI=1S/C11H9.C5H4I.Fe/c1-2-6-10(7-3-1)11-8-4-5-9-11;6-5-3-1-2-4-5;/h1-9H;1-4H;/q2*-1;+2.